The number of anilines is 1. The minimum atomic E-state index is -0.151. The lowest BCUT2D eigenvalue weighted by atomic mass is 10.1. The Labute approximate surface area is 201 Å². The van der Waals surface area contributed by atoms with Crippen molar-refractivity contribution in [2.24, 2.45) is 0 Å². The van der Waals surface area contributed by atoms with Gasteiger partial charge >= 0.3 is 0 Å². The van der Waals surface area contributed by atoms with Gasteiger partial charge in [-0.25, -0.2) is 4.98 Å². The molecule has 2 saturated heterocycles. The molecule has 1 N–H and O–H groups in total. The summed E-state index contributed by atoms with van der Waals surface area (Å²) in [6.07, 6.45) is 6.11. The van der Waals surface area contributed by atoms with Crippen molar-refractivity contribution in [2.75, 3.05) is 38.0 Å². The maximum Gasteiger partial charge on any atom is 0.226 e. The molecule has 2 aliphatic rings. The predicted molar refractivity (Wildman–Crippen MR) is 135 cm³/mol. The topological polar surface area (TPSA) is 70.0 Å². The van der Waals surface area contributed by atoms with Crippen molar-refractivity contribution in [2.45, 2.75) is 58.8 Å². The van der Waals surface area contributed by atoms with Crippen molar-refractivity contribution < 1.29 is 9.59 Å². The van der Waals surface area contributed by atoms with Crippen LogP contribution in [0.25, 0.3) is 16.4 Å². The van der Waals surface area contributed by atoms with Crippen LogP contribution in [0.15, 0.2) is 24.3 Å². The molecule has 34 heavy (non-hydrogen) atoms. The second kappa shape index (κ2) is 9.74. The summed E-state index contributed by atoms with van der Waals surface area (Å²) in [6.45, 7) is 9.09. The summed E-state index contributed by atoms with van der Waals surface area (Å²) in [5, 5.41) is 4.27. The third-order valence-electron chi connectivity index (χ3n) is 7.45. The van der Waals surface area contributed by atoms with Crippen LogP contribution in [-0.2, 0) is 16.0 Å². The monoisotopic (exact) mass is 461 g/mol. The number of hydrogen-bond donors (Lipinski definition) is 1. The number of nitrogens with one attached hydrogen (secondary N) is 1. The highest BCUT2D eigenvalue weighted by Gasteiger charge is 2.22. The molecule has 0 saturated carbocycles. The molecule has 0 atom stereocenters. The van der Waals surface area contributed by atoms with Gasteiger partial charge in [0, 0.05) is 43.4 Å². The van der Waals surface area contributed by atoms with Gasteiger partial charge in [-0.1, -0.05) is 18.2 Å². The zero-order chi connectivity index (χ0) is 23.7. The van der Waals surface area contributed by atoms with E-state index in [0.29, 0.717) is 5.82 Å². The van der Waals surface area contributed by atoms with Crippen molar-refractivity contribution >= 4 is 34.1 Å². The molecule has 0 aliphatic carbocycles. The van der Waals surface area contributed by atoms with Crippen LogP contribution in [0, 0.1) is 13.8 Å². The molecular formula is C27H35N5O2. The number of benzene rings is 1. The number of rotatable bonds is 7. The zero-order valence-electron chi connectivity index (χ0n) is 20.4. The second-order valence-corrected chi connectivity index (χ2v) is 9.75. The van der Waals surface area contributed by atoms with Crippen molar-refractivity contribution in [1.82, 2.24) is 19.2 Å². The number of aromatic nitrogens is 2. The van der Waals surface area contributed by atoms with Crippen molar-refractivity contribution in [3.63, 3.8) is 0 Å². The molecule has 0 bridgehead atoms. The number of aryl methyl sites for hydroxylation is 2. The lowest BCUT2D eigenvalue weighted by molar-refractivity contribution is -0.131. The number of fused-ring (bicyclic) bond motifs is 3. The van der Waals surface area contributed by atoms with Gasteiger partial charge in [-0.15, -0.1) is 0 Å². The Bertz CT molecular complexity index is 1220. The van der Waals surface area contributed by atoms with E-state index in [4.69, 9.17) is 4.98 Å². The van der Waals surface area contributed by atoms with E-state index in [-0.39, 0.29) is 24.7 Å². The first-order chi connectivity index (χ1) is 16.5. The molecule has 2 fully saturated rings. The molecule has 1 aromatic carbocycles. The van der Waals surface area contributed by atoms with Gasteiger partial charge in [0.2, 0.25) is 11.8 Å². The van der Waals surface area contributed by atoms with E-state index in [9.17, 15) is 9.59 Å². The molecule has 0 spiro atoms. The maximum absolute atomic E-state index is 12.8. The Kier molecular flexibility index (Phi) is 6.55. The summed E-state index contributed by atoms with van der Waals surface area (Å²) in [5.74, 6) is 1.38. The Morgan fingerprint density at radius 3 is 2.44 bits per heavy atom. The van der Waals surface area contributed by atoms with Crippen LogP contribution in [0.3, 0.4) is 0 Å². The first-order valence-electron chi connectivity index (χ1n) is 12.7. The molecule has 3 aromatic rings. The van der Waals surface area contributed by atoms with Crippen LogP contribution in [-0.4, -0.2) is 63.7 Å². The van der Waals surface area contributed by atoms with Gasteiger partial charge < -0.3 is 15.1 Å². The average Bonchev–Trinajstić information content (AvgIpc) is 3.60. The molecule has 5 rings (SSSR count). The molecule has 2 aliphatic heterocycles. The summed E-state index contributed by atoms with van der Waals surface area (Å²) in [6, 6.07) is 8.51. The minimum Gasteiger partial charge on any atom is -0.343 e. The van der Waals surface area contributed by atoms with E-state index in [1.165, 1.54) is 36.9 Å². The van der Waals surface area contributed by atoms with Gasteiger partial charge in [0.1, 0.15) is 11.6 Å². The minimum absolute atomic E-state index is 0.0750. The van der Waals surface area contributed by atoms with Crippen molar-refractivity contribution in [3.8, 4) is 0 Å². The SMILES string of the molecule is Cc1c(NC(=O)CCC(=O)N2CCCC2)nc(C)n2c1c(CCN1CCCC1)c1ccccc12. The molecule has 180 valence electrons. The van der Waals surface area contributed by atoms with Crippen LogP contribution in [0.1, 0.15) is 55.5 Å². The van der Waals surface area contributed by atoms with Gasteiger partial charge in [0.25, 0.3) is 0 Å². The van der Waals surface area contributed by atoms with E-state index in [1.807, 2.05) is 18.7 Å². The van der Waals surface area contributed by atoms with Gasteiger partial charge in [0.15, 0.2) is 0 Å². The van der Waals surface area contributed by atoms with Crippen LogP contribution >= 0.6 is 0 Å². The number of para-hydroxylation sites is 1. The summed E-state index contributed by atoms with van der Waals surface area (Å²) in [5.41, 5.74) is 4.62. The highest BCUT2D eigenvalue weighted by molar-refractivity contribution is 5.97. The quantitative estimate of drug-likeness (QED) is 0.576. The summed E-state index contributed by atoms with van der Waals surface area (Å²) >= 11 is 0. The number of hydrogen-bond acceptors (Lipinski definition) is 4. The smallest absolute Gasteiger partial charge is 0.226 e. The molecule has 7 heteroatoms. The first-order valence-corrected chi connectivity index (χ1v) is 12.7. The molecule has 2 aromatic heterocycles. The standard InChI is InChI=1S/C27H35N5O2/c1-19-26-22(13-18-30-14-5-6-15-30)21-9-3-4-10-23(21)32(26)20(2)28-27(19)29-24(33)11-12-25(34)31-16-7-8-17-31/h3-4,9-10H,5-8,11-18H2,1-2H3,(H,29,33). The number of likely N-dealkylation sites (tertiary alicyclic amines) is 2. The Morgan fingerprint density at radius 1 is 0.971 bits per heavy atom. The van der Waals surface area contributed by atoms with Crippen LogP contribution < -0.4 is 5.32 Å². The highest BCUT2D eigenvalue weighted by Crippen LogP contribution is 2.33. The molecule has 4 heterocycles. The van der Waals surface area contributed by atoms with Crippen LogP contribution in [0.5, 0.6) is 0 Å². The van der Waals surface area contributed by atoms with Gasteiger partial charge in [-0.2, -0.15) is 0 Å². The molecule has 7 nitrogen and oxygen atoms in total. The fourth-order valence-electron chi connectivity index (χ4n) is 5.64. The van der Waals surface area contributed by atoms with Gasteiger partial charge in [-0.05, 0) is 70.7 Å². The zero-order valence-corrected chi connectivity index (χ0v) is 20.4. The van der Waals surface area contributed by atoms with Gasteiger partial charge in [-0.3, -0.25) is 14.0 Å². The third kappa shape index (κ3) is 4.41. The van der Waals surface area contributed by atoms with E-state index < -0.39 is 0 Å². The number of carbonyl (C=O) groups excluding carboxylic acids is 2. The molecule has 0 radical (unpaired) electrons. The average molecular weight is 462 g/mol. The van der Waals surface area contributed by atoms with Crippen molar-refractivity contribution in [1.29, 1.82) is 0 Å². The molecule has 2 amide bonds. The first kappa shape index (κ1) is 22.8. The Hall–Kier alpha value is -2.93. The fourth-order valence-corrected chi connectivity index (χ4v) is 5.64. The molecular weight excluding hydrogens is 426 g/mol. The Morgan fingerprint density at radius 2 is 1.68 bits per heavy atom. The lowest BCUT2D eigenvalue weighted by Gasteiger charge is -2.16. The second-order valence-electron chi connectivity index (χ2n) is 9.75. The van der Waals surface area contributed by atoms with Crippen molar-refractivity contribution in [3.05, 3.63) is 41.2 Å². The molecule has 0 unspecified atom stereocenters. The largest absolute Gasteiger partial charge is 0.343 e. The number of amides is 2. The van der Waals surface area contributed by atoms with Crippen LogP contribution in [0.2, 0.25) is 0 Å². The Balaban J connectivity index is 1.42. The highest BCUT2D eigenvalue weighted by atomic mass is 16.2. The predicted octanol–water partition coefficient (Wildman–Crippen LogP) is 4.08. The number of carbonyl (C=O) groups is 2. The lowest BCUT2D eigenvalue weighted by Crippen LogP contribution is -2.28. The van der Waals surface area contributed by atoms with Gasteiger partial charge in [0.05, 0.1) is 11.0 Å². The normalized spacial score (nSPS) is 16.7. The fraction of sp³-hybridized carbons (Fsp3) is 0.519. The maximum atomic E-state index is 12.8. The van der Waals surface area contributed by atoms with E-state index in [2.05, 4.69) is 38.9 Å². The van der Waals surface area contributed by atoms with E-state index in [0.717, 1.165) is 61.3 Å². The third-order valence-corrected chi connectivity index (χ3v) is 7.45. The summed E-state index contributed by atoms with van der Waals surface area (Å²) in [4.78, 5) is 34.3. The van der Waals surface area contributed by atoms with Crippen LogP contribution in [0.4, 0.5) is 5.82 Å². The van der Waals surface area contributed by atoms with E-state index >= 15 is 0 Å². The number of nitrogens with zero attached hydrogens (tertiary/aromatic N) is 4. The van der Waals surface area contributed by atoms with E-state index in [1.54, 1.807) is 0 Å². The summed E-state index contributed by atoms with van der Waals surface area (Å²) in [7, 11) is 0. The summed E-state index contributed by atoms with van der Waals surface area (Å²) < 4.78 is 2.23.